The van der Waals surface area contributed by atoms with Gasteiger partial charge in [-0.1, -0.05) is 29.8 Å². The molecule has 0 radical (unpaired) electrons. The van der Waals surface area contributed by atoms with Crippen LogP contribution in [0, 0.1) is 18.3 Å². The van der Waals surface area contributed by atoms with E-state index in [0.29, 0.717) is 10.7 Å². The zero-order chi connectivity index (χ0) is 15.5. The number of aryl methyl sites for hydroxylation is 1. The molecule has 0 fully saturated rings. The zero-order valence-electron chi connectivity index (χ0n) is 11.3. The van der Waals surface area contributed by atoms with Gasteiger partial charge in [0.25, 0.3) is 10.0 Å². The van der Waals surface area contributed by atoms with Crippen molar-refractivity contribution in [3.63, 3.8) is 0 Å². The fourth-order valence-corrected chi connectivity index (χ4v) is 3.20. The van der Waals surface area contributed by atoms with Crippen LogP contribution in [0.15, 0.2) is 47.4 Å². The van der Waals surface area contributed by atoms with E-state index in [2.05, 4.69) is 4.72 Å². The largest absolute Gasteiger partial charge is 0.278 e. The number of hydrogen-bond acceptors (Lipinski definition) is 3. The maximum absolute atomic E-state index is 12.3. The van der Waals surface area contributed by atoms with Crippen molar-refractivity contribution in [1.29, 1.82) is 5.26 Å². The van der Waals surface area contributed by atoms with Crippen molar-refractivity contribution in [2.24, 2.45) is 0 Å². The van der Waals surface area contributed by atoms with Crippen LogP contribution in [0.3, 0.4) is 0 Å². The quantitative estimate of drug-likeness (QED) is 0.937. The van der Waals surface area contributed by atoms with Crippen LogP contribution in [0.25, 0.3) is 0 Å². The van der Waals surface area contributed by atoms with Crippen molar-refractivity contribution in [2.75, 3.05) is 4.72 Å². The first-order chi connectivity index (χ1) is 9.92. The summed E-state index contributed by atoms with van der Waals surface area (Å²) in [6, 6.07) is 13.3. The molecule has 0 saturated carbocycles. The molecule has 0 aliphatic heterocycles. The van der Waals surface area contributed by atoms with Crippen molar-refractivity contribution < 1.29 is 8.42 Å². The summed E-state index contributed by atoms with van der Waals surface area (Å²) in [4.78, 5) is 0.126. The third-order valence-electron chi connectivity index (χ3n) is 2.89. The van der Waals surface area contributed by atoms with E-state index >= 15 is 0 Å². The summed E-state index contributed by atoms with van der Waals surface area (Å²) in [6.07, 6.45) is 0.248. The number of hydrogen-bond donors (Lipinski definition) is 1. The molecule has 0 heterocycles. The van der Waals surface area contributed by atoms with Crippen LogP contribution >= 0.6 is 11.6 Å². The maximum Gasteiger partial charge on any atom is 0.261 e. The van der Waals surface area contributed by atoms with Crippen molar-refractivity contribution in [3.8, 4) is 6.07 Å². The molecular weight excluding hydrogens is 308 g/mol. The molecule has 2 aromatic carbocycles. The standard InChI is InChI=1S/C15H13ClN2O2S/c1-11-2-7-15(14(16)10-11)18-21(19,20)13-5-3-12(4-6-13)8-9-17/h2-7,10,18H,8H2,1H3. The topological polar surface area (TPSA) is 70.0 Å². The van der Waals surface area contributed by atoms with Crippen molar-refractivity contribution in [2.45, 2.75) is 18.2 Å². The van der Waals surface area contributed by atoms with Gasteiger partial charge in [0.05, 0.1) is 28.1 Å². The Hall–Kier alpha value is -2.03. The van der Waals surface area contributed by atoms with Gasteiger partial charge in [-0.2, -0.15) is 5.26 Å². The van der Waals surface area contributed by atoms with Crippen LogP contribution in [-0.4, -0.2) is 8.42 Å². The minimum atomic E-state index is -3.70. The van der Waals surface area contributed by atoms with Crippen molar-refractivity contribution >= 4 is 27.3 Å². The number of benzene rings is 2. The molecule has 0 spiro atoms. The van der Waals surface area contributed by atoms with Gasteiger partial charge in [0.2, 0.25) is 0 Å². The first kappa shape index (κ1) is 15.4. The Bertz CT molecular complexity index is 793. The minimum absolute atomic E-state index is 0.126. The first-order valence-electron chi connectivity index (χ1n) is 6.17. The van der Waals surface area contributed by atoms with Crippen LogP contribution in [0.4, 0.5) is 5.69 Å². The Labute approximate surface area is 129 Å². The lowest BCUT2D eigenvalue weighted by molar-refractivity contribution is 0.601. The number of halogens is 1. The van der Waals surface area contributed by atoms with E-state index in [4.69, 9.17) is 16.9 Å². The van der Waals surface area contributed by atoms with Gasteiger partial charge in [-0.15, -0.1) is 0 Å². The summed E-state index contributed by atoms with van der Waals surface area (Å²) in [5.74, 6) is 0. The predicted molar refractivity (Wildman–Crippen MR) is 82.8 cm³/mol. The molecule has 0 bridgehead atoms. The predicted octanol–water partition coefficient (Wildman–Crippen LogP) is 3.52. The highest BCUT2D eigenvalue weighted by Gasteiger charge is 2.15. The molecule has 21 heavy (non-hydrogen) atoms. The average molecular weight is 321 g/mol. The Morgan fingerprint density at radius 1 is 1.19 bits per heavy atom. The SMILES string of the molecule is Cc1ccc(NS(=O)(=O)c2ccc(CC#N)cc2)c(Cl)c1. The van der Waals surface area contributed by atoms with Crippen molar-refractivity contribution in [3.05, 3.63) is 58.6 Å². The molecule has 0 amide bonds. The third-order valence-corrected chi connectivity index (χ3v) is 4.58. The Balaban J connectivity index is 2.27. The van der Waals surface area contributed by atoms with Crippen LogP contribution in [0.1, 0.15) is 11.1 Å². The average Bonchev–Trinajstić information content (AvgIpc) is 2.43. The van der Waals surface area contributed by atoms with E-state index in [0.717, 1.165) is 11.1 Å². The van der Waals surface area contributed by atoms with Crippen molar-refractivity contribution in [1.82, 2.24) is 0 Å². The number of nitrogens with zero attached hydrogens (tertiary/aromatic N) is 1. The monoisotopic (exact) mass is 320 g/mol. The zero-order valence-corrected chi connectivity index (χ0v) is 12.9. The van der Waals surface area contributed by atoms with E-state index in [9.17, 15) is 8.42 Å². The van der Waals surface area contributed by atoms with Gasteiger partial charge in [-0.25, -0.2) is 8.42 Å². The lowest BCUT2D eigenvalue weighted by Gasteiger charge is -2.10. The molecule has 0 atom stereocenters. The molecule has 0 aromatic heterocycles. The molecule has 6 heteroatoms. The highest BCUT2D eigenvalue weighted by molar-refractivity contribution is 7.92. The second kappa shape index (κ2) is 6.17. The summed E-state index contributed by atoms with van der Waals surface area (Å²) in [6.45, 7) is 1.87. The van der Waals surface area contributed by atoms with Gasteiger partial charge in [0.15, 0.2) is 0 Å². The van der Waals surface area contributed by atoms with Gasteiger partial charge >= 0.3 is 0 Å². The Kier molecular flexibility index (Phi) is 4.51. The second-order valence-electron chi connectivity index (χ2n) is 4.57. The van der Waals surface area contributed by atoms with Gasteiger partial charge in [-0.3, -0.25) is 4.72 Å². The lowest BCUT2D eigenvalue weighted by Crippen LogP contribution is -2.13. The van der Waals surface area contributed by atoms with Crippen LogP contribution < -0.4 is 4.72 Å². The lowest BCUT2D eigenvalue weighted by atomic mass is 10.2. The van der Waals surface area contributed by atoms with E-state index in [-0.39, 0.29) is 11.3 Å². The number of nitriles is 1. The number of anilines is 1. The molecule has 2 rings (SSSR count). The summed E-state index contributed by atoms with van der Waals surface area (Å²) in [7, 11) is -3.70. The number of sulfonamides is 1. The fourth-order valence-electron chi connectivity index (χ4n) is 1.78. The van der Waals surface area contributed by atoms with E-state index in [1.807, 2.05) is 13.0 Å². The molecule has 0 aliphatic carbocycles. The second-order valence-corrected chi connectivity index (χ2v) is 6.66. The molecule has 108 valence electrons. The molecule has 0 unspecified atom stereocenters. The molecule has 1 N–H and O–H groups in total. The van der Waals surface area contributed by atoms with E-state index in [1.54, 1.807) is 30.3 Å². The van der Waals surface area contributed by atoms with Crippen LogP contribution in [0.5, 0.6) is 0 Å². The van der Waals surface area contributed by atoms with E-state index < -0.39 is 10.0 Å². The summed E-state index contributed by atoms with van der Waals surface area (Å²) in [5, 5.41) is 8.95. The van der Waals surface area contributed by atoms with Gasteiger partial charge < -0.3 is 0 Å². The molecule has 0 aliphatic rings. The molecule has 4 nitrogen and oxygen atoms in total. The van der Waals surface area contributed by atoms with Crippen LogP contribution in [0.2, 0.25) is 5.02 Å². The van der Waals surface area contributed by atoms with Crippen LogP contribution in [-0.2, 0) is 16.4 Å². The molecule has 2 aromatic rings. The Morgan fingerprint density at radius 2 is 1.86 bits per heavy atom. The van der Waals surface area contributed by atoms with Gasteiger partial charge in [-0.05, 0) is 42.3 Å². The fraction of sp³-hybridized carbons (Fsp3) is 0.133. The number of nitrogens with one attached hydrogen (secondary N) is 1. The van der Waals surface area contributed by atoms with Gasteiger partial charge in [0, 0.05) is 0 Å². The highest BCUT2D eigenvalue weighted by atomic mass is 35.5. The summed E-state index contributed by atoms with van der Waals surface area (Å²) >= 11 is 6.03. The summed E-state index contributed by atoms with van der Waals surface area (Å²) < 4.78 is 27.0. The minimum Gasteiger partial charge on any atom is -0.278 e. The van der Waals surface area contributed by atoms with Gasteiger partial charge in [0.1, 0.15) is 0 Å². The molecular formula is C15H13ClN2O2S. The Morgan fingerprint density at radius 3 is 2.43 bits per heavy atom. The number of rotatable bonds is 4. The van der Waals surface area contributed by atoms with E-state index in [1.165, 1.54) is 12.1 Å². The highest BCUT2D eigenvalue weighted by Crippen LogP contribution is 2.25. The smallest absolute Gasteiger partial charge is 0.261 e. The maximum atomic E-state index is 12.3. The molecule has 0 saturated heterocycles. The first-order valence-corrected chi connectivity index (χ1v) is 8.03. The summed E-state index contributed by atoms with van der Waals surface area (Å²) in [5.41, 5.74) is 2.05. The third kappa shape index (κ3) is 3.75. The normalized spacial score (nSPS) is 10.9.